The van der Waals surface area contributed by atoms with E-state index in [-0.39, 0.29) is 29.8 Å². The molecule has 2 N–H and O–H groups in total. The Labute approximate surface area is 207 Å². The van der Waals surface area contributed by atoms with Crippen LogP contribution in [-0.4, -0.2) is 49.7 Å². The third-order valence-electron chi connectivity index (χ3n) is 6.86. The molecule has 1 aliphatic carbocycles. The molecule has 186 valence electrons. The Bertz CT molecular complexity index is 1130. The Hall–Kier alpha value is -2.97. The maximum Gasteiger partial charge on any atom is 0.251 e. The van der Waals surface area contributed by atoms with Gasteiger partial charge < -0.3 is 10.6 Å². The van der Waals surface area contributed by atoms with Crippen LogP contribution >= 0.6 is 0 Å². The predicted molar refractivity (Wildman–Crippen MR) is 137 cm³/mol. The second-order valence-corrected chi connectivity index (χ2v) is 11.1. The summed E-state index contributed by atoms with van der Waals surface area (Å²) in [6.07, 6.45) is 6.24. The van der Waals surface area contributed by atoms with Crippen molar-refractivity contribution in [3.63, 3.8) is 0 Å². The van der Waals surface area contributed by atoms with Crippen molar-refractivity contribution in [2.75, 3.05) is 13.1 Å². The molecule has 0 bridgehead atoms. The first-order valence-corrected chi connectivity index (χ1v) is 13.8. The molecule has 8 heteroatoms. The molecule has 1 aliphatic heterocycles. The number of rotatable bonds is 7. The van der Waals surface area contributed by atoms with Crippen LogP contribution in [0.1, 0.15) is 54.4 Å². The van der Waals surface area contributed by atoms with Gasteiger partial charge in [-0.3, -0.25) is 9.59 Å². The number of piperidine rings is 1. The van der Waals surface area contributed by atoms with Crippen LogP contribution in [0.4, 0.5) is 0 Å². The Morgan fingerprint density at radius 1 is 0.800 bits per heavy atom. The normalized spacial score (nSPS) is 22.1. The largest absolute Gasteiger partial charge is 0.351 e. The molecule has 2 atom stereocenters. The lowest BCUT2D eigenvalue weighted by atomic mass is 9.88. The number of hydrogen-bond donors (Lipinski definition) is 2. The van der Waals surface area contributed by atoms with Crippen molar-refractivity contribution in [3.8, 4) is 0 Å². The lowest BCUT2D eigenvalue weighted by Gasteiger charge is -2.35. The van der Waals surface area contributed by atoms with Gasteiger partial charge in [0.05, 0.1) is 0 Å². The number of hydrogen-bond acceptors (Lipinski definition) is 4. The molecule has 1 heterocycles. The molecule has 2 amide bonds. The van der Waals surface area contributed by atoms with Crippen LogP contribution < -0.4 is 10.6 Å². The number of benzene rings is 2. The second-order valence-electron chi connectivity index (χ2n) is 9.28. The molecule has 2 aromatic rings. The van der Waals surface area contributed by atoms with Crippen molar-refractivity contribution in [2.24, 2.45) is 5.92 Å². The molecule has 4 rings (SSSR count). The van der Waals surface area contributed by atoms with Crippen LogP contribution in [0.5, 0.6) is 0 Å². The van der Waals surface area contributed by atoms with Gasteiger partial charge in [-0.1, -0.05) is 61.4 Å². The third kappa shape index (κ3) is 6.80. The van der Waals surface area contributed by atoms with Gasteiger partial charge in [-0.15, -0.1) is 0 Å². The van der Waals surface area contributed by atoms with Gasteiger partial charge in [-0.25, -0.2) is 8.42 Å². The smallest absolute Gasteiger partial charge is 0.251 e. The highest BCUT2D eigenvalue weighted by Gasteiger charge is 2.33. The van der Waals surface area contributed by atoms with Crippen LogP contribution in [0.3, 0.4) is 0 Å². The number of carbonyl (C=O) groups is 2. The number of sulfonamides is 1. The standard InChI is InChI=1S/C27H33N3O4S/c31-26(22-11-5-2-6-12-22)28-24-13-7-8-14-25(24)29-27(32)23-15-18-30(19-16-23)35(33,34)20-17-21-9-3-1-4-10-21/h1-6,9-12,17,20,23-25H,7-8,13-16,18-19H2,(H,28,31)(H,29,32)/b20-17+/t24-,25?/m1/s1. The van der Waals surface area contributed by atoms with Crippen molar-refractivity contribution in [1.82, 2.24) is 14.9 Å². The van der Waals surface area contributed by atoms with Crippen molar-refractivity contribution in [1.29, 1.82) is 0 Å². The highest BCUT2D eigenvalue weighted by Crippen LogP contribution is 2.24. The number of amides is 2. The fourth-order valence-electron chi connectivity index (χ4n) is 4.81. The fourth-order valence-corrected chi connectivity index (χ4v) is 6.03. The molecule has 0 radical (unpaired) electrons. The molecule has 0 spiro atoms. The summed E-state index contributed by atoms with van der Waals surface area (Å²) >= 11 is 0. The zero-order chi connectivity index (χ0) is 24.7. The lowest BCUT2D eigenvalue weighted by molar-refractivity contribution is -0.127. The summed E-state index contributed by atoms with van der Waals surface area (Å²) < 4.78 is 26.9. The molecule has 2 aromatic carbocycles. The molecule has 35 heavy (non-hydrogen) atoms. The monoisotopic (exact) mass is 495 g/mol. The van der Waals surface area contributed by atoms with Gasteiger partial charge in [-0.2, -0.15) is 4.31 Å². The minimum atomic E-state index is -3.53. The molecular weight excluding hydrogens is 462 g/mol. The van der Waals surface area contributed by atoms with Crippen LogP contribution in [0.25, 0.3) is 6.08 Å². The Balaban J connectivity index is 1.29. The van der Waals surface area contributed by atoms with Crippen LogP contribution in [0, 0.1) is 5.92 Å². The topological polar surface area (TPSA) is 95.6 Å². The molecule has 1 saturated carbocycles. The zero-order valence-electron chi connectivity index (χ0n) is 19.8. The van der Waals surface area contributed by atoms with Gasteiger partial charge in [-0.05, 0) is 49.5 Å². The Kier molecular flexibility index (Phi) is 8.36. The van der Waals surface area contributed by atoms with E-state index in [9.17, 15) is 18.0 Å². The molecule has 1 saturated heterocycles. The Morgan fingerprint density at radius 2 is 1.37 bits per heavy atom. The highest BCUT2D eigenvalue weighted by molar-refractivity contribution is 7.92. The van der Waals surface area contributed by atoms with E-state index in [2.05, 4.69) is 10.6 Å². The minimum Gasteiger partial charge on any atom is -0.351 e. The lowest BCUT2D eigenvalue weighted by Crippen LogP contribution is -2.55. The van der Waals surface area contributed by atoms with Crippen LogP contribution in [0.15, 0.2) is 66.1 Å². The fraction of sp³-hybridized carbons (Fsp3) is 0.407. The maximum atomic E-state index is 13.0. The molecule has 2 aliphatic rings. The van der Waals surface area contributed by atoms with Gasteiger partial charge in [0.2, 0.25) is 15.9 Å². The zero-order valence-corrected chi connectivity index (χ0v) is 20.6. The number of nitrogens with zero attached hydrogens (tertiary/aromatic N) is 1. The molecular formula is C27H33N3O4S. The highest BCUT2D eigenvalue weighted by atomic mass is 32.2. The SMILES string of the molecule is O=C(N[C@@H]1CCCCC1NC(=O)C1CCN(S(=O)(=O)/C=C/c2ccccc2)CC1)c1ccccc1. The van der Waals surface area contributed by atoms with Gasteiger partial charge in [0, 0.05) is 42.1 Å². The van der Waals surface area contributed by atoms with Gasteiger partial charge in [0.1, 0.15) is 0 Å². The van der Waals surface area contributed by atoms with E-state index >= 15 is 0 Å². The number of nitrogens with one attached hydrogen (secondary N) is 2. The summed E-state index contributed by atoms with van der Waals surface area (Å²) in [6, 6.07) is 18.2. The van der Waals surface area contributed by atoms with E-state index in [1.54, 1.807) is 18.2 Å². The molecule has 2 fully saturated rings. The minimum absolute atomic E-state index is 0.0484. The summed E-state index contributed by atoms with van der Waals surface area (Å²) in [5.74, 6) is -0.404. The van der Waals surface area contributed by atoms with Crippen LogP contribution in [-0.2, 0) is 14.8 Å². The van der Waals surface area contributed by atoms with E-state index in [0.717, 1.165) is 31.2 Å². The maximum absolute atomic E-state index is 13.0. The van der Waals surface area contributed by atoms with Crippen molar-refractivity contribution < 1.29 is 18.0 Å². The van der Waals surface area contributed by atoms with E-state index in [0.29, 0.717) is 31.5 Å². The summed E-state index contributed by atoms with van der Waals surface area (Å²) in [5, 5.41) is 7.50. The van der Waals surface area contributed by atoms with Gasteiger partial charge >= 0.3 is 0 Å². The van der Waals surface area contributed by atoms with Crippen LogP contribution in [0.2, 0.25) is 0 Å². The Morgan fingerprint density at radius 3 is 2.00 bits per heavy atom. The summed E-state index contributed by atoms with van der Waals surface area (Å²) in [5.41, 5.74) is 1.43. The number of carbonyl (C=O) groups excluding carboxylic acids is 2. The molecule has 7 nitrogen and oxygen atoms in total. The van der Waals surface area contributed by atoms with E-state index in [1.165, 1.54) is 9.71 Å². The van der Waals surface area contributed by atoms with E-state index in [4.69, 9.17) is 0 Å². The summed E-state index contributed by atoms with van der Waals surface area (Å²) in [4.78, 5) is 25.7. The van der Waals surface area contributed by atoms with E-state index in [1.807, 2.05) is 48.5 Å². The summed E-state index contributed by atoms with van der Waals surface area (Å²) in [6.45, 7) is 0.636. The third-order valence-corrected chi connectivity index (χ3v) is 8.43. The van der Waals surface area contributed by atoms with Gasteiger partial charge in [0.25, 0.3) is 5.91 Å². The second kappa shape index (κ2) is 11.6. The first-order chi connectivity index (χ1) is 16.9. The van der Waals surface area contributed by atoms with Crippen molar-refractivity contribution in [3.05, 3.63) is 77.2 Å². The first-order valence-electron chi connectivity index (χ1n) is 12.3. The first kappa shape index (κ1) is 25.1. The predicted octanol–water partition coefficient (Wildman–Crippen LogP) is 3.56. The van der Waals surface area contributed by atoms with Gasteiger partial charge in [0.15, 0.2) is 0 Å². The molecule has 1 unspecified atom stereocenters. The van der Waals surface area contributed by atoms with Crippen molar-refractivity contribution >= 4 is 27.9 Å². The van der Waals surface area contributed by atoms with E-state index < -0.39 is 10.0 Å². The quantitative estimate of drug-likeness (QED) is 0.614. The summed E-state index contributed by atoms with van der Waals surface area (Å²) in [7, 11) is -3.53. The average Bonchev–Trinajstić information content (AvgIpc) is 2.90. The average molecular weight is 496 g/mol. The van der Waals surface area contributed by atoms with Crippen molar-refractivity contribution in [2.45, 2.75) is 50.6 Å². The molecule has 0 aromatic heterocycles.